The van der Waals surface area contributed by atoms with Crippen molar-refractivity contribution < 1.29 is 9.13 Å². The number of nitrogens with one attached hydrogen (secondary N) is 2. The molecule has 3 aromatic rings. The minimum absolute atomic E-state index is 0.162. The summed E-state index contributed by atoms with van der Waals surface area (Å²) in [7, 11) is 0. The molecule has 0 aliphatic carbocycles. The normalized spacial score (nSPS) is 10.7. The van der Waals surface area contributed by atoms with Gasteiger partial charge in [-0.05, 0) is 68.0 Å². The van der Waals surface area contributed by atoms with Crippen molar-refractivity contribution in [2.24, 2.45) is 0 Å². The molecule has 0 spiro atoms. The molecule has 7 heteroatoms. The van der Waals surface area contributed by atoms with Gasteiger partial charge in [0.25, 0.3) is 5.56 Å². The van der Waals surface area contributed by atoms with Crippen LogP contribution < -0.4 is 15.6 Å². The van der Waals surface area contributed by atoms with E-state index in [1.165, 1.54) is 12.1 Å². The molecule has 0 radical (unpaired) electrons. The predicted octanol–water partition coefficient (Wildman–Crippen LogP) is 3.96. The van der Waals surface area contributed by atoms with Crippen LogP contribution >= 0.6 is 12.2 Å². The van der Waals surface area contributed by atoms with Gasteiger partial charge in [-0.1, -0.05) is 12.1 Å². The molecule has 2 N–H and O–H groups in total. The highest BCUT2D eigenvalue weighted by atomic mass is 32.1. The number of halogens is 1. The summed E-state index contributed by atoms with van der Waals surface area (Å²) < 4.78 is 18.8. The number of fused-ring (bicyclic) bond motifs is 1. The van der Waals surface area contributed by atoms with E-state index in [-0.39, 0.29) is 11.4 Å². The molecule has 0 aliphatic heterocycles. The van der Waals surface area contributed by atoms with Gasteiger partial charge in [0, 0.05) is 29.6 Å². The quantitative estimate of drug-likeness (QED) is 0.574. The molecule has 0 saturated carbocycles. The molecule has 2 aromatic carbocycles. The van der Waals surface area contributed by atoms with Crippen molar-refractivity contribution in [2.45, 2.75) is 26.9 Å². The Morgan fingerprint density at radius 2 is 1.90 bits per heavy atom. The van der Waals surface area contributed by atoms with Gasteiger partial charge in [-0.25, -0.2) is 4.39 Å². The third-order valence-electron chi connectivity index (χ3n) is 4.47. The Morgan fingerprint density at radius 1 is 1.14 bits per heavy atom. The molecular formula is C22H24FN3O2S. The third-order valence-corrected chi connectivity index (χ3v) is 4.87. The molecule has 1 heterocycles. The zero-order chi connectivity index (χ0) is 20.8. The van der Waals surface area contributed by atoms with E-state index in [0.717, 1.165) is 22.2 Å². The summed E-state index contributed by atoms with van der Waals surface area (Å²) in [6.45, 7) is 5.92. The van der Waals surface area contributed by atoms with E-state index < -0.39 is 0 Å². The molecule has 29 heavy (non-hydrogen) atoms. The first-order valence-corrected chi connectivity index (χ1v) is 9.97. The fraction of sp³-hybridized carbons (Fsp3) is 0.273. The first-order valence-electron chi connectivity index (χ1n) is 9.56. The number of thiocarbonyl (C=S) groups is 1. The topological polar surface area (TPSA) is 57.4 Å². The summed E-state index contributed by atoms with van der Waals surface area (Å²) in [5.41, 5.74) is 2.09. The van der Waals surface area contributed by atoms with Gasteiger partial charge in [-0.3, -0.25) is 4.79 Å². The van der Waals surface area contributed by atoms with Crippen LogP contribution in [0, 0.1) is 5.82 Å². The Hall–Kier alpha value is -2.93. The van der Waals surface area contributed by atoms with Gasteiger partial charge in [-0.15, -0.1) is 0 Å². The Bertz CT molecular complexity index is 1050. The predicted molar refractivity (Wildman–Crippen MR) is 118 cm³/mol. The number of benzene rings is 2. The maximum absolute atomic E-state index is 13.2. The van der Waals surface area contributed by atoms with Crippen LogP contribution in [-0.2, 0) is 13.1 Å². The van der Waals surface area contributed by atoms with Crippen molar-refractivity contribution in [2.75, 3.05) is 13.2 Å². The van der Waals surface area contributed by atoms with Crippen molar-refractivity contribution in [1.29, 1.82) is 0 Å². The first kappa shape index (κ1) is 20.8. The minimum Gasteiger partial charge on any atom is -0.494 e. The average molecular weight is 414 g/mol. The van der Waals surface area contributed by atoms with Gasteiger partial charge in [0.15, 0.2) is 5.11 Å². The van der Waals surface area contributed by atoms with Crippen LogP contribution in [0.3, 0.4) is 0 Å². The van der Waals surface area contributed by atoms with Gasteiger partial charge in [0.1, 0.15) is 11.6 Å². The largest absolute Gasteiger partial charge is 0.494 e. The number of nitrogens with zero attached hydrogens (tertiary/aromatic N) is 1. The highest BCUT2D eigenvalue weighted by Gasteiger charge is 2.14. The van der Waals surface area contributed by atoms with Gasteiger partial charge in [0.2, 0.25) is 0 Å². The average Bonchev–Trinajstić information content (AvgIpc) is 2.70. The zero-order valence-corrected chi connectivity index (χ0v) is 17.3. The highest BCUT2D eigenvalue weighted by Crippen LogP contribution is 2.20. The Kier molecular flexibility index (Phi) is 6.82. The second-order valence-corrected chi connectivity index (χ2v) is 7.01. The van der Waals surface area contributed by atoms with Crippen LogP contribution in [0.1, 0.15) is 25.0 Å². The molecule has 0 fully saturated rings. The highest BCUT2D eigenvalue weighted by molar-refractivity contribution is 7.80. The molecule has 0 saturated heterocycles. The summed E-state index contributed by atoms with van der Waals surface area (Å²) >= 11 is 5.50. The number of aromatic nitrogens is 1. The molecule has 152 valence electrons. The van der Waals surface area contributed by atoms with Crippen molar-refractivity contribution in [3.8, 4) is 5.75 Å². The number of hydrogen-bond donors (Lipinski definition) is 2. The molecule has 5 nitrogen and oxygen atoms in total. The Morgan fingerprint density at radius 3 is 2.59 bits per heavy atom. The Labute approximate surface area is 174 Å². The molecule has 0 bridgehead atoms. The van der Waals surface area contributed by atoms with Crippen LogP contribution in [0.5, 0.6) is 5.75 Å². The van der Waals surface area contributed by atoms with E-state index in [1.807, 2.05) is 43.0 Å². The van der Waals surface area contributed by atoms with Crippen molar-refractivity contribution in [3.05, 3.63) is 75.8 Å². The monoisotopic (exact) mass is 413 g/mol. The van der Waals surface area contributed by atoms with Crippen LogP contribution in [0.4, 0.5) is 4.39 Å². The van der Waals surface area contributed by atoms with Gasteiger partial charge in [-0.2, -0.15) is 0 Å². The van der Waals surface area contributed by atoms with Crippen molar-refractivity contribution >= 4 is 28.2 Å². The molecule has 0 aliphatic rings. The first-order chi connectivity index (χ1) is 14.0. The maximum atomic E-state index is 13.2. The molecule has 3 rings (SSSR count). The van der Waals surface area contributed by atoms with E-state index in [0.29, 0.717) is 36.9 Å². The van der Waals surface area contributed by atoms with Crippen LogP contribution in [0.2, 0.25) is 0 Å². The summed E-state index contributed by atoms with van der Waals surface area (Å²) in [4.78, 5) is 17.5. The lowest BCUT2D eigenvalue weighted by Crippen LogP contribution is -2.39. The molecule has 0 atom stereocenters. The van der Waals surface area contributed by atoms with E-state index in [4.69, 9.17) is 17.0 Å². The van der Waals surface area contributed by atoms with Crippen molar-refractivity contribution in [3.63, 3.8) is 0 Å². The van der Waals surface area contributed by atoms with E-state index in [2.05, 4.69) is 10.3 Å². The number of aromatic amines is 1. The minimum atomic E-state index is -0.286. The van der Waals surface area contributed by atoms with Gasteiger partial charge in [0.05, 0.1) is 13.2 Å². The summed E-state index contributed by atoms with van der Waals surface area (Å²) in [5, 5.41) is 4.56. The van der Waals surface area contributed by atoms with E-state index >= 15 is 0 Å². The van der Waals surface area contributed by atoms with Gasteiger partial charge < -0.3 is 19.9 Å². The summed E-state index contributed by atoms with van der Waals surface area (Å²) in [6.07, 6.45) is 0. The summed E-state index contributed by atoms with van der Waals surface area (Å²) in [5.74, 6) is 0.468. The lowest BCUT2D eigenvalue weighted by Gasteiger charge is -2.25. The molecule has 1 aromatic heterocycles. The second-order valence-electron chi connectivity index (χ2n) is 6.62. The Balaban J connectivity index is 1.91. The van der Waals surface area contributed by atoms with E-state index in [9.17, 15) is 9.18 Å². The van der Waals surface area contributed by atoms with Crippen molar-refractivity contribution in [1.82, 2.24) is 15.2 Å². The second kappa shape index (κ2) is 9.52. The fourth-order valence-electron chi connectivity index (χ4n) is 3.08. The molecule has 0 amide bonds. The molecule has 0 unspecified atom stereocenters. The fourth-order valence-corrected chi connectivity index (χ4v) is 3.36. The van der Waals surface area contributed by atoms with E-state index in [1.54, 1.807) is 12.1 Å². The number of hydrogen-bond acceptors (Lipinski definition) is 3. The van der Waals surface area contributed by atoms with Crippen LogP contribution in [0.15, 0.2) is 53.3 Å². The standard InChI is InChI=1S/C22H24FN3O2S/c1-3-24-22(29)26(13-15-5-7-18(23)8-6-15)14-17-11-16-12-19(28-4-2)9-10-20(16)25-21(17)27/h5-12H,3-4,13-14H2,1-2H3,(H,24,29)(H,25,27). The number of pyridine rings is 1. The SMILES string of the molecule is CCNC(=S)N(Cc1ccc(F)cc1)Cc1cc2cc(OCC)ccc2[nH]c1=O. The third kappa shape index (κ3) is 5.32. The smallest absolute Gasteiger partial charge is 0.253 e. The number of H-pyrrole nitrogens is 1. The lowest BCUT2D eigenvalue weighted by atomic mass is 10.1. The lowest BCUT2D eigenvalue weighted by molar-refractivity contribution is 0.340. The van der Waals surface area contributed by atoms with Gasteiger partial charge >= 0.3 is 0 Å². The number of rotatable bonds is 7. The maximum Gasteiger partial charge on any atom is 0.253 e. The molecular weight excluding hydrogens is 389 g/mol. The van der Waals surface area contributed by atoms with Crippen LogP contribution in [0.25, 0.3) is 10.9 Å². The van der Waals surface area contributed by atoms with Crippen LogP contribution in [-0.4, -0.2) is 28.1 Å². The number of ether oxygens (including phenoxy) is 1. The zero-order valence-electron chi connectivity index (χ0n) is 16.5. The summed E-state index contributed by atoms with van der Waals surface area (Å²) in [6, 6.07) is 13.7.